The molecular weight excluding hydrogens is 246 g/mol. The second-order valence-electron chi connectivity index (χ2n) is 4.82. The third kappa shape index (κ3) is 2.31. The molecule has 1 heterocycles. The summed E-state index contributed by atoms with van der Waals surface area (Å²) in [5.74, 6) is 2.81. The highest BCUT2D eigenvalue weighted by Gasteiger charge is 2.39. The molecule has 1 fully saturated rings. The van der Waals surface area contributed by atoms with Crippen LogP contribution in [0.25, 0.3) is 0 Å². The van der Waals surface area contributed by atoms with Crippen LogP contribution >= 0.6 is 11.8 Å². The SMILES string of the molecule is COc1cccc(OC)c1C(N)C1(C)CCCS1. The normalized spacial score (nSPS) is 24.9. The molecular formula is C14H21NO2S. The zero-order chi connectivity index (χ0) is 13.2. The van der Waals surface area contributed by atoms with E-state index in [0.717, 1.165) is 23.5 Å². The topological polar surface area (TPSA) is 44.5 Å². The fourth-order valence-corrected chi connectivity index (χ4v) is 3.88. The maximum absolute atomic E-state index is 6.51. The Kier molecular flexibility index (Phi) is 4.07. The number of hydrogen-bond acceptors (Lipinski definition) is 4. The smallest absolute Gasteiger partial charge is 0.127 e. The number of rotatable bonds is 4. The van der Waals surface area contributed by atoms with E-state index < -0.39 is 0 Å². The van der Waals surface area contributed by atoms with Crippen LogP contribution in [0.15, 0.2) is 18.2 Å². The average molecular weight is 267 g/mol. The number of hydrogen-bond donors (Lipinski definition) is 1. The zero-order valence-electron chi connectivity index (χ0n) is 11.2. The summed E-state index contributed by atoms with van der Waals surface area (Å²) < 4.78 is 11.0. The van der Waals surface area contributed by atoms with Crippen molar-refractivity contribution in [3.63, 3.8) is 0 Å². The molecule has 1 aliphatic heterocycles. The quantitative estimate of drug-likeness (QED) is 0.911. The Morgan fingerprint density at radius 2 is 1.89 bits per heavy atom. The van der Waals surface area contributed by atoms with Gasteiger partial charge in [0, 0.05) is 4.75 Å². The molecule has 0 amide bonds. The lowest BCUT2D eigenvalue weighted by atomic mass is 9.90. The van der Waals surface area contributed by atoms with Crippen LogP contribution in [0.3, 0.4) is 0 Å². The van der Waals surface area contributed by atoms with Crippen LogP contribution in [-0.2, 0) is 0 Å². The summed E-state index contributed by atoms with van der Waals surface area (Å²) in [6, 6.07) is 5.75. The summed E-state index contributed by atoms with van der Waals surface area (Å²) in [5.41, 5.74) is 7.49. The van der Waals surface area contributed by atoms with Gasteiger partial charge in [-0.25, -0.2) is 0 Å². The number of methoxy groups -OCH3 is 2. The molecule has 0 radical (unpaired) electrons. The molecule has 0 bridgehead atoms. The van der Waals surface area contributed by atoms with Crippen LogP contribution in [0, 0.1) is 0 Å². The molecule has 0 spiro atoms. The summed E-state index contributed by atoms with van der Waals surface area (Å²) in [5, 5.41) is 0. The lowest BCUT2D eigenvalue weighted by Gasteiger charge is -2.32. The second-order valence-corrected chi connectivity index (χ2v) is 6.45. The van der Waals surface area contributed by atoms with Crippen LogP contribution in [0.4, 0.5) is 0 Å². The van der Waals surface area contributed by atoms with Crippen LogP contribution in [-0.4, -0.2) is 24.7 Å². The number of nitrogens with two attached hydrogens (primary N) is 1. The molecule has 0 aliphatic carbocycles. The Hall–Kier alpha value is -0.870. The molecule has 3 nitrogen and oxygen atoms in total. The first kappa shape index (κ1) is 13.6. The van der Waals surface area contributed by atoms with Crippen LogP contribution in [0.2, 0.25) is 0 Å². The van der Waals surface area contributed by atoms with Crippen LogP contribution < -0.4 is 15.2 Å². The van der Waals surface area contributed by atoms with E-state index in [2.05, 4.69) is 6.92 Å². The highest BCUT2D eigenvalue weighted by atomic mass is 32.2. The van der Waals surface area contributed by atoms with Crippen molar-refractivity contribution < 1.29 is 9.47 Å². The lowest BCUT2D eigenvalue weighted by molar-refractivity contribution is 0.368. The first-order chi connectivity index (χ1) is 8.62. The van der Waals surface area contributed by atoms with Gasteiger partial charge in [0.05, 0.1) is 25.8 Å². The van der Waals surface area contributed by atoms with Gasteiger partial charge in [-0.3, -0.25) is 0 Å². The Morgan fingerprint density at radius 3 is 2.33 bits per heavy atom. The first-order valence-electron chi connectivity index (χ1n) is 6.23. The third-order valence-electron chi connectivity index (χ3n) is 3.68. The molecule has 4 heteroatoms. The van der Waals surface area contributed by atoms with E-state index in [1.54, 1.807) is 14.2 Å². The molecule has 2 rings (SSSR count). The molecule has 1 aromatic carbocycles. The van der Waals surface area contributed by atoms with Gasteiger partial charge < -0.3 is 15.2 Å². The van der Waals surface area contributed by atoms with Crippen molar-refractivity contribution in [1.82, 2.24) is 0 Å². The monoisotopic (exact) mass is 267 g/mol. The summed E-state index contributed by atoms with van der Waals surface area (Å²) in [6.45, 7) is 2.24. The van der Waals surface area contributed by atoms with Crippen molar-refractivity contribution in [2.45, 2.75) is 30.6 Å². The highest BCUT2D eigenvalue weighted by molar-refractivity contribution is 8.00. The Morgan fingerprint density at radius 1 is 1.28 bits per heavy atom. The fourth-order valence-electron chi connectivity index (χ4n) is 2.54. The molecule has 2 N–H and O–H groups in total. The Labute approximate surface area is 113 Å². The second kappa shape index (κ2) is 5.41. The molecule has 2 atom stereocenters. The van der Waals surface area contributed by atoms with Crippen molar-refractivity contribution in [1.29, 1.82) is 0 Å². The van der Waals surface area contributed by atoms with E-state index >= 15 is 0 Å². The molecule has 0 aromatic heterocycles. The van der Waals surface area contributed by atoms with Crippen molar-refractivity contribution in [3.05, 3.63) is 23.8 Å². The van der Waals surface area contributed by atoms with Gasteiger partial charge in [0.1, 0.15) is 11.5 Å². The summed E-state index contributed by atoms with van der Waals surface area (Å²) in [6.07, 6.45) is 2.37. The van der Waals surface area contributed by atoms with Gasteiger partial charge >= 0.3 is 0 Å². The maximum atomic E-state index is 6.51. The van der Waals surface area contributed by atoms with Gasteiger partial charge in [0.15, 0.2) is 0 Å². The molecule has 1 aromatic rings. The van der Waals surface area contributed by atoms with Gasteiger partial charge in [0.25, 0.3) is 0 Å². The largest absolute Gasteiger partial charge is 0.496 e. The van der Waals surface area contributed by atoms with Crippen molar-refractivity contribution in [3.8, 4) is 11.5 Å². The van der Waals surface area contributed by atoms with Crippen molar-refractivity contribution in [2.75, 3.05) is 20.0 Å². The van der Waals surface area contributed by atoms with Gasteiger partial charge in [-0.05, 0) is 37.7 Å². The minimum atomic E-state index is -0.0731. The fraction of sp³-hybridized carbons (Fsp3) is 0.571. The third-order valence-corrected chi connectivity index (χ3v) is 5.29. The Bertz CT molecular complexity index is 394. The predicted octanol–water partition coefficient (Wildman–Crippen LogP) is 2.99. The average Bonchev–Trinajstić information content (AvgIpc) is 2.85. The summed E-state index contributed by atoms with van der Waals surface area (Å²) in [7, 11) is 3.35. The minimum absolute atomic E-state index is 0.0713. The van der Waals surface area contributed by atoms with Gasteiger partial charge in [-0.15, -0.1) is 0 Å². The molecule has 100 valence electrons. The van der Waals surface area contributed by atoms with E-state index in [1.165, 1.54) is 12.2 Å². The van der Waals surface area contributed by atoms with E-state index in [0.29, 0.717) is 0 Å². The maximum Gasteiger partial charge on any atom is 0.127 e. The molecule has 1 aliphatic rings. The van der Waals surface area contributed by atoms with E-state index in [4.69, 9.17) is 15.2 Å². The van der Waals surface area contributed by atoms with E-state index in [-0.39, 0.29) is 10.8 Å². The van der Waals surface area contributed by atoms with Gasteiger partial charge in [-0.1, -0.05) is 6.07 Å². The predicted molar refractivity (Wildman–Crippen MR) is 76.6 cm³/mol. The minimum Gasteiger partial charge on any atom is -0.496 e. The number of benzene rings is 1. The highest BCUT2D eigenvalue weighted by Crippen LogP contribution is 2.49. The molecule has 2 unspecified atom stereocenters. The zero-order valence-corrected chi connectivity index (χ0v) is 12.0. The summed E-state index contributed by atoms with van der Waals surface area (Å²) >= 11 is 1.95. The number of ether oxygens (including phenoxy) is 2. The van der Waals surface area contributed by atoms with E-state index in [9.17, 15) is 0 Å². The van der Waals surface area contributed by atoms with Gasteiger partial charge in [-0.2, -0.15) is 11.8 Å². The molecule has 0 saturated carbocycles. The van der Waals surface area contributed by atoms with Crippen molar-refractivity contribution >= 4 is 11.8 Å². The molecule has 1 saturated heterocycles. The van der Waals surface area contributed by atoms with Crippen LogP contribution in [0.5, 0.6) is 11.5 Å². The van der Waals surface area contributed by atoms with E-state index in [1.807, 2.05) is 30.0 Å². The standard InChI is InChI=1S/C14H21NO2S/c1-14(8-5-9-18-14)13(15)12-10(16-2)6-4-7-11(12)17-3/h4,6-7,13H,5,8-9,15H2,1-3H3. The van der Waals surface area contributed by atoms with Crippen LogP contribution in [0.1, 0.15) is 31.4 Å². The Balaban J connectivity index is 2.42. The lowest BCUT2D eigenvalue weighted by Crippen LogP contribution is -2.33. The summed E-state index contributed by atoms with van der Waals surface area (Å²) in [4.78, 5) is 0. The number of thioether (sulfide) groups is 1. The van der Waals surface area contributed by atoms with Gasteiger partial charge in [0.2, 0.25) is 0 Å². The molecule has 18 heavy (non-hydrogen) atoms. The first-order valence-corrected chi connectivity index (χ1v) is 7.21. The van der Waals surface area contributed by atoms with Crippen molar-refractivity contribution in [2.24, 2.45) is 5.73 Å².